The zero-order valence-corrected chi connectivity index (χ0v) is 22.3. The van der Waals surface area contributed by atoms with Gasteiger partial charge in [0.25, 0.3) is 0 Å². The van der Waals surface area contributed by atoms with Crippen LogP contribution < -0.4 is 0 Å². The third-order valence-electron chi connectivity index (χ3n) is 6.98. The molecule has 0 atom stereocenters. The highest BCUT2D eigenvalue weighted by Gasteiger charge is 2.72. The SMILES string of the molecule is O=C(O)c1ccc(-c2ccc(C(F)(c3ccc(-c4ccc(C(=O)O)c(C(=O)O)c4)cc3)C(F)(F)C(F)(F)F)cc2)cc1C(=O)O. The minimum Gasteiger partial charge on any atom is -0.478 e. The molecule has 4 N–H and O–H groups in total. The lowest BCUT2D eigenvalue weighted by Gasteiger charge is -2.35. The normalized spacial score (nSPS) is 12.0. The van der Waals surface area contributed by atoms with Crippen molar-refractivity contribution in [3.05, 3.63) is 118 Å². The molecule has 8 nitrogen and oxygen atoms in total. The Bertz CT molecular complexity index is 1710. The van der Waals surface area contributed by atoms with Crippen LogP contribution in [0.4, 0.5) is 26.3 Å². The summed E-state index contributed by atoms with van der Waals surface area (Å²) >= 11 is 0. The standard InChI is InChI=1S/C31H18F6O8/c32-29(30(33,34)31(35,36)37,19-7-1-15(2-8-19)17-5-11-21(25(38)39)23(13-17)27(42)43)20-9-3-16(4-10-20)18-6-12-22(26(40)41)24(14-18)28(44)45/h1-14H,(H,38,39)(H,40,41)(H,42,43)(H,44,45). The number of hydrogen-bond acceptors (Lipinski definition) is 4. The summed E-state index contributed by atoms with van der Waals surface area (Å²) in [6, 6.07) is 12.6. The van der Waals surface area contributed by atoms with Crippen molar-refractivity contribution in [1.82, 2.24) is 0 Å². The van der Waals surface area contributed by atoms with E-state index in [0.29, 0.717) is 24.3 Å². The van der Waals surface area contributed by atoms with Gasteiger partial charge >= 0.3 is 36.0 Å². The van der Waals surface area contributed by atoms with Gasteiger partial charge in [-0.25, -0.2) is 23.6 Å². The van der Waals surface area contributed by atoms with Gasteiger partial charge in [-0.15, -0.1) is 0 Å². The summed E-state index contributed by atoms with van der Waals surface area (Å²) in [5.74, 6) is -12.3. The molecule has 0 aliphatic rings. The minimum atomic E-state index is -6.37. The summed E-state index contributed by atoms with van der Waals surface area (Å²) < 4.78 is 87.3. The summed E-state index contributed by atoms with van der Waals surface area (Å²) in [6.07, 6.45) is -6.37. The van der Waals surface area contributed by atoms with Crippen LogP contribution >= 0.6 is 0 Å². The second kappa shape index (κ2) is 11.4. The van der Waals surface area contributed by atoms with Crippen molar-refractivity contribution >= 4 is 23.9 Å². The van der Waals surface area contributed by atoms with Crippen molar-refractivity contribution in [2.24, 2.45) is 0 Å². The summed E-state index contributed by atoms with van der Waals surface area (Å²) in [5.41, 5.74) is -8.92. The maximum absolute atomic E-state index is 16.5. The number of aromatic carboxylic acids is 4. The Balaban J connectivity index is 1.81. The van der Waals surface area contributed by atoms with Crippen molar-refractivity contribution in [2.45, 2.75) is 17.8 Å². The van der Waals surface area contributed by atoms with E-state index in [4.69, 9.17) is 0 Å². The predicted octanol–water partition coefficient (Wildman–Crippen LogP) is 7.22. The van der Waals surface area contributed by atoms with Crippen LogP contribution in [-0.2, 0) is 5.67 Å². The first-order chi connectivity index (χ1) is 20.9. The molecule has 4 aromatic rings. The lowest BCUT2D eigenvalue weighted by molar-refractivity contribution is -0.323. The van der Waals surface area contributed by atoms with Crippen LogP contribution in [0.1, 0.15) is 52.6 Å². The zero-order valence-electron chi connectivity index (χ0n) is 22.3. The Morgan fingerprint density at radius 1 is 0.422 bits per heavy atom. The molecule has 0 amide bonds. The fraction of sp³-hybridized carbons (Fsp3) is 0.0968. The molecule has 0 saturated carbocycles. The molecule has 0 radical (unpaired) electrons. The third kappa shape index (κ3) is 5.69. The van der Waals surface area contributed by atoms with Crippen LogP contribution in [-0.4, -0.2) is 56.4 Å². The lowest BCUT2D eigenvalue weighted by atomic mass is 9.81. The van der Waals surface area contributed by atoms with Gasteiger partial charge in [0.15, 0.2) is 0 Å². The number of rotatable bonds is 9. The predicted molar refractivity (Wildman–Crippen MR) is 144 cm³/mol. The highest BCUT2D eigenvalue weighted by Crippen LogP contribution is 2.54. The van der Waals surface area contributed by atoms with Crippen LogP contribution in [0, 0.1) is 0 Å². The molecule has 45 heavy (non-hydrogen) atoms. The summed E-state index contributed by atoms with van der Waals surface area (Å²) in [4.78, 5) is 45.6. The maximum atomic E-state index is 16.5. The van der Waals surface area contributed by atoms with Crippen molar-refractivity contribution in [3.63, 3.8) is 0 Å². The second-order valence-corrected chi connectivity index (χ2v) is 9.63. The second-order valence-electron chi connectivity index (χ2n) is 9.63. The van der Waals surface area contributed by atoms with Crippen LogP contribution in [0.2, 0.25) is 0 Å². The van der Waals surface area contributed by atoms with E-state index in [1.165, 1.54) is 12.1 Å². The average Bonchev–Trinajstić information content (AvgIpc) is 2.99. The summed E-state index contributed by atoms with van der Waals surface area (Å²) in [5, 5.41) is 37.1. The van der Waals surface area contributed by atoms with E-state index in [0.717, 1.165) is 48.5 Å². The van der Waals surface area contributed by atoms with Gasteiger partial charge in [-0.3, -0.25) is 0 Å². The largest absolute Gasteiger partial charge is 0.478 e. The quantitative estimate of drug-likeness (QED) is 0.141. The number of halogens is 6. The smallest absolute Gasteiger partial charge is 0.457 e. The molecule has 232 valence electrons. The number of carboxylic acid groups (broad SMARTS) is 4. The third-order valence-corrected chi connectivity index (χ3v) is 6.98. The van der Waals surface area contributed by atoms with Gasteiger partial charge in [0.1, 0.15) is 0 Å². The number of benzene rings is 4. The summed E-state index contributed by atoms with van der Waals surface area (Å²) in [7, 11) is 0. The highest BCUT2D eigenvalue weighted by atomic mass is 19.4. The van der Waals surface area contributed by atoms with Gasteiger partial charge in [-0.05, 0) is 46.5 Å². The first-order valence-electron chi connectivity index (χ1n) is 12.5. The first kappa shape index (κ1) is 32.3. The van der Waals surface area contributed by atoms with Gasteiger partial charge in [0, 0.05) is 11.1 Å². The topological polar surface area (TPSA) is 149 Å². The zero-order chi connectivity index (χ0) is 33.5. The maximum Gasteiger partial charge on any atom is 0.457 e. The first-order valence-corrected chi connectivity index (χ1v) is 12.5. The Morgan fingerprint density at radius 3 is 0.978 bits per heavy atom. The van der Waals surface area contributed by atoms with Crippen LogP contribution in [0.25, 0.3) is 22.3 Å². The van der Waals surface area contributed by atoms with E-state index in [2.05, 4.69) is 0 Å². The molecule has 0 unspecified atom stereocenters. The van der Waals surface area contributed by atoms with E-state index in [9.17, 15) is 61.6 Å². The van der Waals surface area contributed by atoms with Gasteiger partial charge in [0.05, 0.1) is 22.3 Å². The van der Waals surface area contributed by atoms with E-state index < -0.39 is 75.0 Å². The van der Waals surface area contributed by atoms with Gasteiger partial charge in [0.2, 0.25) is 5.67 Å². The molecule has 0 aliphatic carbocycles. The Morgan fingerprint density at radius 2 is 0.711 bits per heavy atom. The van der Waals surface area contributed by atoms with Gasteiger partial charge < -0.3 is 20.4 Å². The van der Waals surface area contributed by atoms with Crippen molar-refractivity contribution < 1.29 is 65.9 Å². The molecule has 14 heteroatoms. The molecule has 0 spiro atoms. The molecular formula is C31H18F6O8. The van der Waals surface area contributed by atoms with E-state index >= 15 is 4.39 Å². The van der Waals surface area contributed by atoms with E-state index in [1.807, 2.05) is 0 Å². The van der Waals surface area contributed by atoms with Crippen molar-refractivity contribution in [3.8, 4) is 22.3 Å². The van der Waals surface area contributed by atoms with Gasteiger partial charge in [-0.1, -0.05) is 60.7 Å². The van der Waals surface area contributed by atoms with E-state index in [-0.39, 0.29) is 22.3 Å². The fourth-order valence-electron chi connectivity index (χ4n) is 4.68. The van der Waals surface area contributed by atoms with Crippen LogP contribution in [0.3, 0.4) is 0 Å². The summed E-state index contributed by atoms with van der Waals surface area (Å²) in [6.45, 7) is 0. The number of hydrogen-bond donors (Lipinski definition) is 4. The van der Waals surface area contributed by atoms with Crippen LogP contribution in [0.5, 0.6) is 0 Å². The average molecular weight is 632 g/mol. The fourth-order valence-corrected chi connectivity index (χ4v) is 4.68. The highest BCUT2D eigenvalue weighted by molar-refractivity contribution is 6.03. The minimum absolute atomic E-state index is 0.0465. The molecule has 4 aromatic carbocycles. The van der Waals surface area contributed by atoms with Crippen molar-refractivity contribution in [2.75, 3.05) is 0 Å². The molecule has 0 bridgehead atoms. The Hall–Kier alpha value is -5.66. The Labute approximate surface area is 248 Å². The van der Waals surface area contributed by atoms with Crippen molar-refractivity contribution in [1.29, 1.82) is 0 Å². The lowest BCUT2D eigenvalue weighted by Crippen LogP contribution is -2.53. The molecule has 0 aliphatic heterocycles. The molecule has 0 heterocycles. The Kier molecular flexibility index (Phi) is 8.20. The number of carboxylic acids is 4. The van der Waals surface area contributed by atoms with E-state index in [1.54, 1.807) is 0 Å². The van der Waals surface area contributed by atoms with Crippen LogP contribution in [0.15, 0.2) is 84.9 Å². The monoisotopic (exact) mass is 632 g/mol. The molecule has 0 aromatic heterocycles. The molecule has 0 saturated heterocycles. The number of carbonyl (C=O) groups is 4. The molecular weight excluding hydrogens is 614 g/mol. The van der Waals surface area contributed by atoms with Gasteiger partial charge in [-0.2, -0.15) is 22.0 Å². The number of alkyl halides is 6. The molecule has 0 fully saturated rings. The molecule has 4 rings (SSSR count).